The Morgan fingerprint density at radius 2 is 2.09 bits per heavy atom. The third-order valence-electron chi connectivity index (χ3n) is 5.66. The Morgan fingerprint density at radius 3 is 2.85 bits per heavy atom. The Bertz CT molecular complexity index is 1200. The SMILES string of the molecule is CNC(=O)CNC1CCCc2c(-c3nnc(-c4ccc(OC(C)C)c(C#N)c4)s3)cccc21. The first-order chi connectivity index (χ1) is 16.0. The smallest absolute Gasteiger partial charge is 0.233 e. The molecule has 8 heteroatoms. The number of amides is 1. The molecule has 0 saturated carbocycles. The highest BCUT2D eigenvalue weighted by molar-refractivity contribution is 7.17. The van der Waals surface area contributed by atoms with Crippen molar-refractivity contribution in [3.8, 4) is 33.0 Å². The van der Waals surface area contributed by atoms with Crippen LogP contribution in [0.1, 0.15) is 49.4 Å². The van der Waals surface area contributed by atoms with Gasteiger partial charge in [0.05, 0.1) is 18.2 Å². The second-order valence-corrected chi connectivity index (χ2v) is 9.25. The summed E-state index contributed by atoms with van der Waals surface area (Å²) in [5.74, 6) is 0.557. The summed E-state index contributed by atoms with van der Waals surface area (Å²) in [4.78, 5) is 11.7. The molecule has 1 atom stereocenters. The fourth-order valence-corrected chi connectivity index (χ4v) is 5.01. The van der Waals surface area contributed by atoms with Gasteiger partial charge in [-0.25, -0.2) is 0 Å². The molecule has 0 radical (unpaired) electrons. The van der Waals surface area contributed by atoms with Gasteiger partial charge in [0, 0.05) is 24.2 Å². The van der Waals surface area contributed by atoms with Gasteiger partial charge in [-0.1, -0.05) is 29.5 Å². The highest BCUT2D eigenvalue weighted by Gasteiger charge is 2.24. The largest absolute Gasteiger partial charge is 0.490 e. The molecule has 0 spiro atoms. The van der Waals surface area contributed by atoms with Crippen LogP contribution in [0.25, 0.3) is 21.1 Å². The maximum absolute atomic E-state index is 11.7. The van der Waals surface area contributed by atoms with Crippen LogP contribution in [0, 0.1) is 11.3 Å². The van der Waals surface area contributed by atoms with E-state index in [1.807, 2.05) is 32.0 Å². The van der Waals surface area contributed by atoms with Crippen molar-refractivity contribution in [2.24, 2.45) is 0 Å². The zero-order valence-corrected chi connectivity index (χ0v) is 19.8. The van der Waals surface area contributed by atoms with Gasteiger partial charge in [-0.3, -0.25) is 4.79 Å². The molecule has 1 unspecified atom stereocenters. The molecule has 1 amide bonds. The average molecular weight is 462 g/mol. The van der Waals surface area contributed by atoms with Crippen molar-refractivity contribution in [1.29, 1.82) is 5.26 Å². The second-order valence-electron chi connectivity index (χ2n) is 8.27. The molecule has 4 rings (SSSR count). The van der Waals surface area contributed by atoms with Crippen LogP contribution >= 0.6 is 11.3 Å². The van der Waals surface area contributed by atoms with E-state index in [4.69, 9.17) is 4.74 Å². The van der Waals surface area contributed by atoms with Crippen molar-refractivity contribution in [2.75, 3.05) is 13.6 Å². The first kappa shape index (κ1) is 22.9. The number of nitriles is 1. The molecule has 0 saturated heterocycles. The molecule has 7 nitrogen and oxygen atoms in total. The standard InChI is InChI=1S/C25H27N5O2S/c1-15(2)32-22-11-10-16(12-17(22)13-26)24-29-30-25(33-24)20-8-4-7-19-18(20)6-5-9-21(19)28-14-23(31)27-3/h4,7-8,10-12,15,21,28H,5-6,9,14H2,1-3H3,(H,27,31). The number of benzene rings is 2. The quantitative estimate of drug-likeness (QED) is 0.546. The first-order valence-corrected chi connectivity index (χ1v) is 11.9. The summed E-state index contributed by atoms with van der Waals surface area (Å²) in [5, 5.41) is 26.1. The Labute approximate surface area is 197 Å². The highest BCUT2D eigenvalue weighted by Crippen LogP contribution is 2.39. The Hall–Kier alpha value is -3.28. The number of aromatic nitrogens is 2. The minimum Gasteiger partial charge on any atom is -0.490 e. The molecular weight excluding hydrogens is 434 g/mol. The van der Waals surface area contributed by atoms with Gasteiger partial charge in [-0.05, 0) is 62.4 Å². The van der Waals surface area contributed by atoms with E-state index in [0.29, 0.717) is 17.9 Å². The van der Waals surface area contributed by atoms with Gasteiger partial charge < -0.3 is 15.4 Å². The number of likely N-dealkylation sites (N-methyl/N-ethyl adjacent to an activating group) is 1. The molecule has 2 N–H and O–H groups in total. The van der Waals surface area contributed by atoms with Crippen LogP contribution in [0.2, 0.25) is 0 Å². The van der Waals surface area contributed by atoms with Crippen LogP contribution in [-0.2, 0) is 11.2 Å². The van der Waals surface area contributed by atoms with Crippen LogP contribution < -0.4 is 15.4 Å². The number of fused-ring (bicyclic) bond motifs is 1. The highest BCUT2D eigenvalue weighted by atomic mass is 32.1. The van der Waals surface area contributed by atoms with Crippen molar-refractivity contribution in [1.82, 2.24) is 20.8 Å². The summed E-state index contributed by atoms with van der Waals surface area (Å²) in [7, 11) is 1.65. The minimum atomic E-state index is -0.0198. The van der Waals surface area contributed by atoms with E-state index in [-0.39, 0.29) is 18.1 Å². The predicted molar refractivity (Wildman–Crippen MR) is 129 cm³/mol. The van der Waals surface area contributed by atoms with Crippen molar-refractivity contribution < 1.29 is 9.53 Å². The summed E-state index contributed by atoms with van der Waals surface area (Å²) in [6.07, 6.45) is 3.01. The lowest BCUT2D eigenvalue weighted by Gasteiger charge is -2.27. The van der Waals surface area contributed by atoms with E-state index in [2.05, 4.69) is 39.0 Å². The van der Waals surface area contributed by atoms with Gasteiger partial charge in [0.1, 0.15) is 21.8 Å². The zero-order chi connectivity index (χ0) is 23.4. The number of hydrogen-bond acceptors (Lipinski definition) is 7. The lowest BCUT2D eigenvalue weighted by atomic mass is 9.85. The van der Waals surface area contributed by atoms with E-state index in [0.717, 1.165) is 40.4 Å². The van der Waals surface area contributed by atoms with Crippen LogP contribution in [0.3, 0.4) is 0 Å². The van der Waals surface area contributed by atoms with Crippen LogP contribution in [0.15, 0.2) is 36.4 Å². The number of hydrogen-bond donors (Lipinski definition) is 2. The van der Waals surface area contributed by atoms with Crippen LogP contribution in [0.4, 0.5) is 0 Å². The molecule has 0 aliphatic heterocycles. The lowest BCUT2D eigenvalue weighted by molar-refractivity contribution is -0.119. The van der Waals surface area contributed by atoms with Crippen molar-refractivity contribution >= 4 is 17.2 Å². The summed E-state index contributed by atoms with van der Waals surface area (Å²) >= 11 is 1.52. The molecule has 1 aliphatic carbocycles. The summed E-state index contributed by atoms with van der Waals surface area (Å²) in [6, 6.07) is 14.2. The van der Waals surface area contributed by atoms with Crippen LogP contribution in [0.5, 0.6) is 5.75 Å². The summed E-state index contributed by atoms with van der Waals surface area (Å²) in [5.41, 5.74) is 4.91. The third kappa shape index (κ3) is 5.05. The fourth-order valence-electron chi connectivity index (χ4n) is 4.12. The van der Waals surface area contributed by atoms with E-state index in [1.165, 1.54) is 22.5 Å². The van der Waals surface area contributed by atoms with Gasteiger partial charge >= 0.3 is 0 Å². The maximum Gasteiger partial charge on any atom is 0.233 e. The van der Waals surface area contributed by atoms with Crippen molar-refractivity contribution in [3.63, 3.8) is 0 Å². The van der Waals surface area contributed by atoms with Gasteiger partial charge in [0.15, 0.2) is 0 Å². The number of nitrogens with zero attached hydrogens (tertiary/aromatic N) is 3. The topological polar surface area (TPSA) is 99.9 Å². The Morgan fingerprint density at radius 1 is 1.27 bits per heavy atom. The van der Waals surface area contributed by atoms with Gasteiger partial charge in [0.2, 0.25) is 5.91 Å². The molecule has 170 valence electrons. The van der Waals surface area contributed by atoms with Crippen molar-refractivity contribution in [3.05, 3.63) is 53.1 Å². The van der Waals surface area contributed by atoms with Gasteiger partial charge in [-0.2, -0.15) is 5.26 Å². The second kappa shape index (κ2) is 10.1. The molecule has 1 aliphatic rings. The van der Waals surface area contributed by atoms with Crippen LogP contribution in [-0.4, -0.2) is 35.8 Å². The van der Waals surface area contributed by atoms with E-state index < -0.39 is 0 Å². The van der Waals surface area contributed by atoms with Gasteiger partial charge in [-0.15, -0.1) is 10.2 Å². The molecule has 2 aromatic carbocycles. The number of carbonyl (C=O) groups is 1. The van der Waals surface area contributed by atoms with E-state index in [1.54, 1.807) is 13.1 Å². The monoisotopic (exact) mass is 461 g/mol. The summed E-state index contributed by atoms with van der Waals surface area (Å²) < 4.78 is 5.73. The summed E-state index contributed by atoms with van der Waals surface area (Å²) in [6.45, 7) is 4.17. The zero-order valence-electron chi connectivity index (χ0n) is 19.0. The number of ether oxygens (including phenoxy) is 1. The molecular formula is C25H27N5O2S. The Kier molecular flexibility index (Phi) is 7.02. The number of nitrogens with one attached hydrogen (secondary N) is 2. The van der Waals surface area contributed by atoms with Gasteiger partial charge in [0.25, 0.3) is 0 Å². The number of rotatable bonds is 7. The van der Waals surface area contributed by atoms with E-state index in [9.17, 15) is 10.1 Å². The molecule has 3 aromatic rings. The minimum absolute atomic E-state index is 0.00462. The Balaban J connectivity index is 1.62. The molecule has 1 heterocycles. The molecule has 33 heavy (non-hydrogen) atoms. The molecule has 1 aromatic heterocycles. The fraction of sp³-hybridized carbons (Fsp3) is 0.360. The maximum atomic E-state index is 11.7. The van der Waals surface area contributed by atoms with E-state index >= 15 is 0 Å². The van der Waals surface area contributed by atoms with Crippen molar-refractivity contribution in [2.45, 2.75) is 45.3 Å². The third-order valence-corrected chi connectivity index (χ3v) is 6.67. The average Bonchev–Trinajstić information content (AvgIpc) is 3.32. The predicted octanol–water partition coefficient (Wildman–Crippen LogP) is 4.24. The molecule has 0 fully saturated rings. The molecule has 0 bridgehead atoms. The number of carbonyl (C=O) groups excluding carboxylic acids is 1. The first-order valence-electron chi connectivity index (χ1n) is 11.1. The normalized spacial score (nSPS) is 15.1. The lowest BCUT2D eigenvalue weighted by Crippen LogP contribution is -2.35.